The lowest BCUT2D eigenvalue weighted by Gasteiger charge is -2.08. The molecule has 0 fully saturated rings. The fourth-order valence-corrected chi connectivity index (χ4v) is 3.54. The van der Waals surface area contributed by atoms with E-state index in [9.17, 15) is 0 Å². The lowest BCUT2D eigenvalue weighted by atomic mass is 10.1. The van der Waals surface area contributed by atoms with Crippen LogP contribution in [0.4, 0.5) is 5.69 Å². The lowest BCUT2D eigenvalue weighted by molar-refractivity contribution is 0.962. The molecular formula is C23H20N6. The van der Waals surface area contributed by atoms with Gasteiger partial charge in [-0.25, -0.2) is 9.50 Å². The SMILES string of the molecule is C=C(Nc1cccnc1)c1cnn2ccc(-c3c[nH]c4nc(CC)ccc34)cc12. The number of aryl methyl sites for hydroxylation is 1. The predicted octanol–water partition coefficient (Wildman–Crippen LogP) is 4.92. The Balaban J connectivity index is 1.55. The van der Waals surface area contributed by atoms with Gasteiger partial charge in [0.25, 0.3) is 0 Å². The van der Waals surface area contributed by atoms with Gasteiger partial charge in [-0.1, -0.05) is 13.5 Å². The molecule has 5 heterocycles. The average Bonchev–Trinajstić information content (AvgIpc) is 3.37. The van der Waals surface area contributed by atoms with Crippen molar-refractivity contribution in [2.75, 3.05) is 5.32 Å². The summed E-state index contributed by atoms with van der Waals surface area (Å²) < 4.78 is 1.86. The first-order chi connectivity index (χ1) is 14.2. The van der Waals surface area contributed by atoms with Crippen LogP contribution in [0.2, 0.25) is 0 Å². The van der Waals surface area contributed by atoms with E-state index in [1.165, 1.54) is 0 Å². The maximum absolute atomic E-state index is 4.68. The van der Waals surface area contributed by atoms with E-state index in [1.807, 2.05) is 35.2 Å². The number of nitrogens with one attached hydrogen (secondary N) is 2. The zero-order valence-corrected chi connectivity index (χ0v) is 16.1. The quantitative estimate of drug-likeness (QED) is 0.454. The molecule has 0 spiro atoms. The predicted molar refractivity (Wildman–Crippen MR) is 117 cm³/mol. The third-order valence-electron chi connectivity index (χ3n) is 5.07. The molecule has 0 aliphatic carbocycles. The fraction of sp³-hybridized carbons (Fsp3) is 0.0870. The molecule has 0 unspecified atom stereocenters. The maximum atomic E-state index is 4.68. The second kappa shape index (κ2) is 6.91. The minimum absolute atomic E-state index is 0.776. The Morgan fingerprint density at radius 1 is 1.21 bits per heavy atom. The van der Waals surface area contributed by atoms with E-state index in [2.05, 4.69) is 63.1 Å². The van der Waals surface area contributed by atoms with Gasteiger partial charge in [-0.2, -0.15) is 5.10 Å². The standard InChI is InChI=1S/C23H20N6/c1-3-17-6-7-19-21(13-25-23(19)28-17)16-8-10-29-22(11-16)20(14-26-29)15(2)27-18-5-4-9-24-12-18/h4-14,27H,2-3H2,1H3,(H,25,28). The van der Waals surface area contributed by atoms with Crippen molar-refractivity contribution in [3.05, 3.63) is 85.2 Å². The van der Waals surface area contributed by atoms with Crippen LogP contribution in [0.15, 0.2) is 74.0 Å². The van der Waals surface area contributed by atoms with Crippen LogP contribution >= 0.6 is 0 Å². The highest BCUT2D eigenvalue weighted by Gasteiger charge is 2.12. The molecule has 6 heteroatoms. The molecular weight excluding hydrogens is 360 g/mol. The topological polar surface area (TPSA) is 70.9 Å². The van der Waals surface area contributed by atoms with E-state index in [4.69, 9.17) is 0 Å². The molecule has 0 aromatic carbocycles. The highest BCUT2D eigenvalue weighted by Crippen LogP contribution is 2.30. The Hall–Kier alpha value is -3.93. The van der Waals surface area contributed by atoms with Crippen LogP contribution in [-0.2, 0) is 6.42 Å². The first-order valence-electron chi connectivity index (χ1n) is 9.54. The van der Waals surface area contributed by atoms with E-state index in [0.29, 0.717) is 0 Å². The molecule has 0 amide bonds. The molecule has 5 aromatic rings. The zero-order valence-electron chi connectivity index (χ0n) is 16.1. The normalized spacial score (nSPS) is 11.2. The average molecular weight is 380 g/mol. The van der Waals surface area contributed by atoms with Crippen LogP contribution < -0.4 is 5.32 Å². The summed E-state index contributed by atoms with van der Waals surface area (Å²) in [4.78, 5) is 12.1. The van der Waals surface area contributed by atoms with E-state index in [0.717, 1.165) is 56.7 Å². The van der Waals surface area contributed by atoms with Gasteiger partial charge in [0.15, 0.2) is 0 Å². The highest BCUT2D eigenvalue weighted by molar-refractivity contribution is 5.95. The molecule has 5 aromatic heterocycles. The van der Waals surface area contributed by atoms with Gasteiger partial charge in [-0.05, 0) is 48.4 Å². The molecule has 0 saturated heterocycles. The van der Waals surface area contributed by atoms with Gasteiger partial charge in [0, 0.05) is 46.5 Å². The maximum Gasteiger partial charge on any atom is 0.138 e. The number of rotatable bonds is 5. The van der Waals surface area contributed by atoms with Crippen molar-refractivity contribution in [3.63, 3.8) is 0 Å². The van der Waals surface area contributed by atoms with Crippen LogP contribution in [0.1, 0.15) is 18.2 Å². The molecule has 0 aliphatic heterocycles. The van der Waals surface area contributed by atoms with E-state index in [1.54, 1.807) is 12.4 Å². The Morgan fingerprint density at radius 3 is 2.97 bits per heavy atom. The summed E-state index contributed by atoms with van der Waals surface area (Å²) >= 11 is 0. The van der Waals surface area contributed by atoms with Crippen molar-refractivity contribution in [2.45, 2.75) is 13.3 Å². The summed E-state index contributed by atoms with van der Waals surface area (Å²) in [5, 5.41) is 8.89. The Bertz CT molecular complexity index is 1330. The minimum atomic E-state index is 0.776. The molecule has 0 aliphatic rings. The van der Waals surface area contributed by atoms with E-state index < -0.39 is 0 Å². The number of aromatic nitrogens is 5. The van der Waals surface area contributed by atoms with E-state index >= 15 is 0 Å². The molecule has 0 radical (unpaired) electrons. The van der Waals surface area contributed by atoms with Crippen LogP contribution in [0.5, 0.6) is 0 Å². The number of pyridine rings is 3. The van der Waals surface area contributed by atoms with Gasteiger partial charge in [-0.15, -0.1) is 0 Å². The van der Waals surface area contributed by atoms with Gasteiger partial charge in [0.2, 0.25) is 0 Å². The summed E-state index contributed by atoms with van der Waals surface area (Å²) in [6, 6.07) is 12.3. The third-order valence-corrected chi connectivity index (χ3v) is 5.07. The van der Waals surface area contributed by atoms with Gasteiger partial charge < -0.3 is 10.3 Å². The zero-order chi connectivity index (χ0) is 19.8. The summed E-state index contributed by atoms with van der Waals surface area (Å²) in [5.74, 6) is 0. The number of aromatic amines is 1. The number of hydrogen-bond donors (Lipinski definition) is 2. The second-order valence-electron chi connectivity index (χ2n) is 6.90. The highest BCUT2D eigenvalue weighted by atomic mass is 15.2. The van der Waals surface area contributed by atoms with Gasteiger partial charge in [-0.3, -0.25) is 4.98 Å². The summed E-state index contributed by atoms with van der Waals surface area (Å²) in [6.45, 7) is 6.31. The Kier molecular flexibility index (Phi) is 4.09. The minimum Gasteiger partial charge on any atom is -0.354 e. The molecule has 0 saturated carbocycles. The fourth-order valence-electron chi connectivity index (χ4n) is 3.54. The molecule has 2 N–H and O–H groups in total. The van der Waals surface area contributed by atoms with Crippen LogP contribution in [0.3, 0.4) is 0 Å². The van der Waals surface area contributed by atoms with Gasteiger partial charge >= 0.3 is 0 Å². The molecule has 6 nitrogen and oxygen atoms in total. The van der Waals surface area contributed by atoms with Crippen LogP contribution in [0.25, 0.3) is 33.4 Å². The van der Waals surface area contributed by atoms with Crippen LogP contribution in [0, 0.1) is 0 Å². The Labute approximate surface area is 168 Å². The third kappa shape index (κ3) is 3.04. The van der Waals surface area contributed by atoms with Crippen molar-refractivity contribution < 1.29 is 0 Å². The molecule has 142 valence electrons. The molecule has 5 rings (SSSR count). The van der Waals surface area contributed by atoms with Crippen LogP contribution in [-0.4, -0.2) is 24.6 Å². The van der Waals surface area contributed by atoms with E-state index in [-0.39, 0.29) is 0 Å². The van der Waals surface area contributed by atoms with Crippen molar-refractivity contribution in [2.24, 2.45) is 0 Å². The Morgan fingerprint density at radius 2 is 2.14 bits per heavy atom. The second-order valence-corrected chi connectivity index (χ2v) is 6.90. The van der Waals surface area contributed by atoms with Crippen molar-refractivity contribution in [1.82, 2.24) is 24.6 Å². The molecule has 0 bridgehead atoms. The first-order valence-corrected chi connectivity index (χ1v) is 9.54. The molecule has 0 atom stereocenters. The number of hydrogen-bond acceptors (Lipinski definition) is 4. The number of fused-ring (bicyclic) bond motifs is 2. The monoisotopic (exact) mass is 380 g/mol. The summed E-state index contributed by atoms with van der Waals surface area (Å²) in [7, 11) is 0. The van der Waals surface area contributed by atoms with Gasteiger partial charge in [0.05, 0.1) is 23.6 Å². The number of anilines is 1. The first kappa shape index (κ1) is 17.2. The van der Waals surface area contributed by atoms with Gasteiger partial charge in [0.1, 0.15) is 5.65 Å². The molecule has 29 heavy (non-hydrogen) atoms. The number of H-pyrrole nitrogens is 1. The summed E-state index contributed by atoms with van der Waals surface area (Å²) in [5.41, 5.74) is 7.81. The number of nitrogens with zero attached hydrogens (tertiary/aromatic N) is 4. The van der Waals surface area contributed by atoms with Crippen molar-refractivity contribution >= 4 is 27.9 Å². The van der Waals surface area contributed by atoms with Crippen molar-refractivity contribution in [1.29, 1.82) is 0 Å². The lowest BCUT2D eigenvalue weighted by Crippen LogP contribution is -1.97. The summed E-state index contributed by atoms with van der Waals surface area (Å²) in [6.07, 6.45) is 10.2. The largest absolute Gasteiger partial charge is 0.354 e. The van der Waals surface area contributed by atoms with Crippen molar-refractivity contribution in [3.8, 4) is 11.1 Å². The smallest absolute Gasteiger partial charge is 0.138 e.